The Morgan fingerprint density at radius 1 is 0.250 bits per heavy atom. The fourth-order valence-corrected chi connectivity index (χ4v) is 7.57. The Morgan fingerprint density at radius 3 is 1.14 bits per heavy atom. The van der Waals surface area contributed by atoms with Crippen LogP contribution in [-0.2, 0) is 0 Å². The quantitative estimate of drug-likeness (QED) is 0.190. The van der Waals surface area contributed by atoms with E-state index in [1.807, 2.05) is 0 Å². The van der Waals surface area contributed by atoms with Crippen LogP contribution in [0.5, 0.6) is 0 Å². The Hall–Kier alpha value is -5.86. The minimum Gasteiger partial charge on any atom is -0.309 e. The van der Waals surface area contributed by atoms with Crippen molar-refractivity contribution in [2.45, 2.75) is 0 Å². The molecule has 0 saturated heterocycles. The van der Waals surface area contributed by atoms with Crippen molar-refractivity contribution in [2.75, 3.05) is 0 Å². The van der Waals surface area contributed by atoms with Crippen LogP contribution in [0, 0.1) is 0 Å². The largest absolute Gasteiger partial charge is 0.309 e. The third-order valence-electron chi connectivity index (χ3n) is 9.47. The van der Waals surface area contributed by atoms with Gasteiger partial charge in [-0.3, -0.25) is 0 Å². The van der Waals surface area contributed by atoms with Crippen LogP contribution in [0.2, 0.25) is 0 Å². The summed E-state index contributed by atoms with van der Waals surface area (Å²) in [5.74, 6) is 0. The van der Waals surface area contributed by atoms with Gasteiger partial charge in [-0.15, -0.1) is 0 Å². The fraction of sp³-hybridized carbons (Fsp3) is 0. The highest BCUT2D eigenvalue weighted by Crippen LogP contribution is 2.48. The molecular formula is C42H26N2. The third kappa shape index (κ3) is 3.14. The average molecular weight is 559 g/mol. The first-order chi connectivity index (χ1) is 21.8. The first-order valence-electron chi connectivity index (χ1n) is 15.2. The first-order valence-corrected chi connectivity index (χ1v) is 15.2. The zero-order valence-corrected chi connectivity index (χ0v) is 23.9. The van der Waals surface area contributed by atoms with E-state index in [0.29, 0.717) is 0 Å². The Labute approximate surface area is 254 Å². The van der Waals surface area contributed by atoms with E-state index in [1.165, 1.54) is 88.0 Å². The lowest BCUT2D eigenvalue weighted by molar-refractivity contribution is 1.17. The number of hydrogen-bond acceptors (Lipinski definition) is 0. The van der Waals surface area contributed by atoms with Crippen molar-refractivity contribution in [2.24, 2.45) is 0 Å². The van der Waals surface area contributed by atoms with Gasteiger partial charge in [0.05, 0.1) is 22.1 Å². The lowest BCUT2D eigenvalue weighted by atomic mass is 9.95. The van der Waals surface area contributed by atoms with Gasteiger partial charge in [0, 0.05) is 32.9 Å². The van der Waals surface area contributed by atoms with Crippen LogP contribution in [0.4, 0.5) is 0 Å². The molecule has 0 aliphatic carbocycles. The number of benzene rings is 8. The summed E-state index contributed by atoms with van der Waals surface area (Å²) < 4.78 is 4.88. The van der Waals surface area contributed by atoms with Crippen molar-refractivity contribution in [1.82, 2.24) is 9.13 Å². The summed E-state index contributed by atoms with van der Waals surface area (Å²) in [7, 11) is 0. The van der Waals surface area contributed by atoms with E-state index in [9.17, 15) is 0 Å². The summed E-state index contributed by atoms with van der Waals surface area (Å²) in [6, 6.07) is 57.4. The molecule has 10 rings (SSSR count). The number of aromatic nitrogens is 2. The van der Waals surface area contributed by atoms with Gasteiger partial charge in [0.25, 0.3) is 0 Å². The average Bonchev–Trinajstić information content (AvgIpc) is 3.62. The number of fused-ring (bicyclic) bond motifs is 1. The van der Waals surface area contributed by atoms with Crippen LogP contribution in [-0.4, -0.2) is 9.13 Å². The van der Waals surface area contributed by atoms with Crippen LogP contribution in [0.1, 0.15) is 0 Å². The van der Waals surface area contributed by atoms with Gasteiger partial charge in [-0.2, -0.15) is 0 Å². The van der Waals surface area contributed by atoms with Crippen LogP contribution < -0.4 is 0 Å². The molecule has 2 heteroatoms. The summed E-state index contributed by atoms with van der Waals surface area (Å²) >= 11 is 0. The second-order valence-corrected chi connectivity index (χ2v) is 11.7. The molecule has 44 heavy (non-hydrogen) atoms. The molecule has 0 saturated carbocycles. The van der Waals surface area contributed by atoms with E-state index in [0.717, 1.165) is 0 Å². The number of nitrogens with zero attached hydrogens (tertiary/aromatic N) is 2. The lowest BCUT2D eigenvalue weighted by Crippen LogP contribution is -1.95. The van der Waals surface area contributed by atoms with E-state index in [2.05, 4.69) is 167 Å². The van der Waals surface area contributed by atoms with Gasteiger partial charge < -0.3 is 9.13 Å². The Kier molecular flexibility index (Phi) is 4.75. The number of rotatable bonds is 4. The number of hydrogen-bond donors (Lipinski definition) is 0. The molecule has 2 aromatic heterocycles. The van der Waals surface area contributed by atoms with Crippen molar-refractivity contribution < 1.29 is 0 Å². The van der Waals surface area contributed by atoms with Crippen LogP contribution in [0.25, 0.3) is 88.0 Å². The van der Waals surface area contributed by atoms with E-state index in [-0.39, 0.29) is 0 Å². The Bertz CT molecular complexity index is 2600. The highest BCUT2D eigenvalue weighted by molar-refractivity contribution is 6.40. The van der Waals surface area contributed by atoms with Crippen molar-refractivity contribution in [3.05, 3.63) is 158 Å². The topological polar surface area (TPSA) is 9.86 Å². The minimum absolute atomic E-state index is 1.18. The minimum atomic E-state index is 1.18. The maximum atomic E-state index is 2.45. The molecule has 0 N–H and O–H groups in total. The van der Waals surface area contributed by atoms with Crippen molar-refractivity contribution in [3.8, 4) is 33.6 Å². The summed E-state index contributed by atoms with van der Waals surface area (Å²) in [4.78, 5) is 0. The van der Waals surface area contributed by atoms with E-state index in [1.54, 1.807) is 0 Å². The molecule has 0 spiro atoms. The molecule has 2 heterocycles. The SMILES string of the molecule is c1ccc(-c2ccc(-c3ccc(-n4c5cccc6c7cccc8c7c7c(c65)c4ccc7n8-c4ccccc4)cc3)cc2)cc1. The monoisotopic (exact) mass is 558 g/mol. The first kappa shape index (κ1) is 23.7. The maximum absolute atomic E-state index is 2.45. The molecule has 0 atom stereocenters. The maximum Gasteiger partial charge on any atom is 0.0549 e. The molecule has 0 aliphatic rings. The summed E-state index contributed by atoms with van der Waals surface area (Å²) in [6.07, 6.45) is 0. The summed E-state index contributed by atoms with van der Waals surface area (Å²) in [5, 5.41) is 8.04. The van der Waals surface area contributed by atoms with E-state index >= 15 is 0 Å². The van der Waals surface area contributed by atoms with Crippen LogP contribution >= 0.6 is 0 Å². The number of para-hydroxylation sites is 1. The fourth-order valence-electron chi connectivity index (χ4n) is 7.57. The van der Waals surface area contributed by atoms with Crippen molar-refractivity contribution >= 4 is 54.4 Å². The second kappa shape index (κ2) is 8.82. The van der Waals surface area contributed by atoms with Gasteiger partial charge in [-0.25, -0.2) is 0 Å². The van der Waals surface area contributed by atoms with Crippen LogP contribution in [0.3, 0.4) is 0 Å². The molecule has 0 amide bonds. The van der Waals surface area contributed by atoms with E-state index in [4.69, 9.17) is 0 Å². The molecule has 204 valence electrons. The summed E-state index contributed by atoms with van der Waals surface area (Å²) in [5.41, 5.74) is 12.3. The smallest absolute Gasteiger partial charge is 0.0549 e. The molecule has 0 bridgehead atoms. The molecule has 0 unspecified atom stereocenters. The van der Waals surface area contributed by atoms with Gasteiger partial charge in [-0.05, 0) is 81.6 Å². The molecule has 10 aromatic rings. The Balaban J connectivity index is 1.18. The molecule has 0 radical (unpaired) electrons. The molecule has 0 aliphatic heterocycles. The molecule has 8 aromatic carbocycles. The van der Waals surface area contributed by atoms with Crippen LogP contribution in [0.15, 0.2) is 158 Å². The Morgan fingerprint density at radius 2 is 0.636 bits per heavy atom. The standard InChI is InChI=1S/C42H26N2/c1-3-9-27(10-4-1)28-17-19-29(20-18-28)30-21-23-32(24-22-30)44-36-16-8-14-34-33-13-7-15-35-39(33)41-37(25-26-38(44)42(41)40(34)36)43(35)31-11-5-2-6-12-31/h1-26H. The highest BCUT2D eigenvalue weighted by atomic mass is 15.0. The molecule has 2 nitrogen and oxygen atoms in total. The lowest BCUT2D eigenvalue weighted by Gasteiger charge is -2.11. The highest BCUT2D eigenvalue weighted by Gasteiger charge is 2.25. The van der Waals surface area contributed by atoms with Gasteiger partial charge in [0.1, 0.15) is 0 Å². The molecule has 0 fully saturated rings. The van der Waals surface area contributed by atoms with Gasteiger partial charge in [0.2, 0.25) is 0 Å². The van der Waals surface area contributed by atoms with Crippen molar-refractivity contribution in [1.29, 1.82) is 0 Å². The normalized spacial score (nSPS) is 12.1. The predicted octanol–water partition coefficient (Wildman–Crippen LogP) is 11.2. The third-order valence-corrected chi connectivity index (χ3v) is 9.47. The predicted molar refractivity (Wildman–Crippen MR) is 186 cm³/mol. The zero-order chi connectivity index (χ0) is 28.8. The van der Waals surface area contributed by atoms with Gasteiger partial charge in [0.15, 0.2) is 0 Å². The van der Waals surface area contributed by atoms with Gasteiger partial charge >= 0.3 is 0 Å². The zero-order valence-electron chi connectivity index (χ0n) is 23.9. The summed E-state index contributed by atoms with van der Waals surface area (Å²) in [6.45, 7) is 0. The molecular weight excluding hydrogens is 532 g/mol. The van der Waals surface area contributed by atoms with Crippen molar-refractivity contribution in [3.63, 3.8) is 0 Å². The van der Waals surface area contributed by atoms with E-state index < -0.39 is 0 Å². The van der Waals surface area contributed by atoms with Gasteiger partial charge in [-0.1, -0.05) is 109 Å². The second-order valence-electron chi connectivity index (χ2n) is 11.7.